The Balaban J connectivity index is 1.55. The van der Waals surface area contributed by atoms with Crippen molar-refractivity contribution in [3.8, 4) is 0 Å². The normalized spacial score (nSPS) is 16.2. The Hall–Kier alpha value is -1.89. The zero-order chi connectivity index (χ0) is 19.8. The second kappa shape index (κ2) is 10.6. The van der Waals surface area contributed by atoms with Crippen LogP contribution in [0.5, 0.6) is 0 Å². The fourth-order valence-electron chi connectivity index (χ4n) is 3.50. The number of halogens is 1. The number of nitrogens with zero attached hydrogens (tertiary/aromatic N) is 1. The molecule has 5 nitrogen and oxygen atoms in total. The van der Waals surface area contributed by atoms with Crippen LogP contribution in [-0.2, 0) is 16.1 Å². The molecule has 7 heteroatoms. The van der Waals surface area contributed by atoms with Gasteiger partial charge in [0.05, 0.1) is 6.04 Å². The van der Waals surface area contributed by atoms with E-state index >= 15 is 0 Å². The van der Waals surface area contributed by atoms with Gasteiger partial charge in [-0.25, -0.2) is 0 Å². The van der Waals surface area contributed by atoms with E-state index in [4.69, 9.17) is 11.6 Å². The van der Waals surface area contributed by atoms with Gasteiger partial charge in [0.1, 0.15) is 0 Å². The molecule has 2 amide bonds. The number of rotatable bonds is 6. The van der Waals surface area contributed by atoms with E-state index < -0.39 is 11.8 Å². The molecule has 2 heterocycles. The minimum atomic E-state index is -0.639. The molecule has 3 rings (SSSR count). The van der Waals surface area contributed by atoms with Crippen molar-refractivity contribution in [1.29, 1.82) is 0 Å². The van der Waals surface area contributed by atoms with E-state index in [1.54, 1.807) is 17.4 Å². The maximum atomic E-state index is 12.3. The summed E-state index contributed by atoms with van der Waals surface area (Å²) in [7, 11) is 0. The maximum absolute atomic E-state index is 12.3. The largest absolute Gasteiger partial charge is 0.346 e. The standard InChI is InChI=1S/C21H26ClN3O2S/c22-18-8-4-3-7-16(18)13-23-20(26)21(27)24-14-19(17-9-12-28-15-17)25-10-5-1-2-6-11-25/h3-4,7-9,12,15,19H,1-2,5-6,10-11,13-14H2,(H,23,26)(H,24,27)/t19-/m0/s1. The molecule has 0 aliphatic carbocycles. The summed E-state index contributed by atoms with van der Waals surface area (Å²) in [6.45, 7) is 2.70. The topological polar surface area (TPSA) is 61.4 Å². The predicted molar refractivity (Wildman–Crippen MR) is 113 cm³/mol. The van der Waals surface area contributed by atoms with E-state index in [2.05, 4.69) is 32.4 Å². The molecule has 0 bridgehead atoms. The molecule has 1 aliphatic rings. The van der Waals surface area contributed by atoms with E-state index in [9.17, 15) is 9.59 Å². The molecule has 2 aromatic rings. The van der Waals surface area contributed by atoms with Crippen molar-refractivity contribution in [2.45, 2.75) is 38.3 Å². The van der Waals surface area contributed by atoms with Crippen LogP contribution in [0.2, 0.25) is 5.02 Å². The molecule has 1 fully saturated rings. The van der Waals surface area contributed by atoms with Gasteiger partial charge in [-0.15, -0.1) is 0 Å². The molecule has 28 heavy (non-hydrogen) atoms. The maximum Gasteiger partial charge on any atom is 0.309 e. The number of thiophene rings is 1. The van der Waals surface area contributed by atoms with Gasteiger partial charge in [0, 0.05) is 18.1 Å². The van der Waals surface area contributed by atoms with E-state index in [0.717, 1.165) is 18.7 Å². The zero-order valence-electron chi connectivity index (χ0n) is 15.8. The molecule has 1 aliphatic heterocycles. The first-order chi connectivity index (χ1) is 13.6. The highest BCUT2D eigenvalue weighted by Crippen LogP contribution is 2.25. The zero-order valence-corrected chi connectivity index (χ0v) is 17.4. The third kappa shape index (κ3) is 5.80. The summed E-state index contributed by atoms with van der Waals surface area (Å²) in [5, 5.41) is 10.2. The summed E-state index contributed by atoms with van der Waals surface area (Å²) in [5.41, 5.74) is 1.98. The lowest BCUT2D eigenvalue weighted by Crippen LogP contribution is -2.44. The highest BCUT2D eigenvalue weighted by molar-refractivity contribution is 7.08. The van der Waals surface area contributed by atoms with Gasteiger partial charge in [0.25, 0.3) is 0 Å². The summed E-state index contributed by atoms with van der Waals surface area (Å²) in [4.78, 5) is 26.9. The Morgan fingerprint density at radius 2 is 1.75 bits per heavy atom. The van der Waals surface area contributed by atoms with Crippen molar-refractivity contribution in [2.75, 3.05) is 19.6 Å². The Bertz CT molecular complexity index is 774. The molecule has 1 atom stereocenters. The number of hydrogen-bond donors (Lipinski definition) is 2. The third-order valence-electron chi connectivity index (χ3n) is 5.07. The molecule has 2 N–H and O–H groups in total. The molecule has 1 saturated heterocycles. The first-order valence-corrected chi connectivity index (χ1v) is 11.0. The summed E-state index contributed by atoms with van der Waals surface area (Å²) in [5.74, 6) is -1.25. The number of amides is 2. The van der Waals surface area contributed by atoms with E-state index in [0.29, 0.717) is 11.6 Å². The first kappa shape index (κ1) is 20.8. The van der Waals surface area contributed by atoms with Gasteiger partial charge in [-0.3, -0.25) is 14.5 Å². The minimum absolute atomic E-state index is 0.102. The van der Waals surface area contributed by atoms with Gasteiger partial charge in [-0.2, -0.15) is 11.3 Å². The summed E-state index contributed by atoms with van der Waals surface area (Å²) in [6, 6.07) is 9.46. The summed E-state index contributed by atoms with van der Waals surface area (Å²) in [6.07, 6.45) is 4.85. The number of carbonyl (C=O) groups excluding carboxylic acids is 2. The van der Waals surface area contributed by atoms with Crippen molar-refractivity contribution >= 4 is 34.8 Å². The van der Waals surface area contributed by atoms with E-state index in [1.165, 1.54) is 31.2 Å². The number of benzene rings is 1. The minimum Gasteiger partial charge on any atom is -0.346 e. The Kier molecular flexibility index (Phi) is 7.89. The van der Waals surface area contributed by atoms with Crippen LogP contribution in [0.4, 0.5) is 0 Å². The van der Waals surface area contributed by atoms with Crippen molar-refractivity contribution < 1.29 is 9.59 Å². The Morgan fingerprint density at radius 1 is 1.04 bits per heavy atom. The van der Waals surface area contributed by atoms with Crippen LogP contribution in [0.15, 0.2) is 41.1 Å². The van der Waals surface area contributed by atoms with Crippen molar-refractivity contribution in [3.63, 3.8) is 0 Å². The van der Waals surface area contributed by atoms with Crippen molar-refractivity contribution in [2.24, 2.45) is 0 Å². The number of likely N-dealkylation sites (tertiary alicyclic amines) is 1. The Labute approximate surface area is 175 Å². The van der Waals surface area contributed by atoms with Crippen LogP contribution in [-0.4, -0.2) is 36.3 Å². The van der Waals surface area contributed by atoms with Crippen LogP contribution < -0.4 is 10.6 Å². The lowest BCUT2D eigenvalue weighted by Gasteiger charge is -2.30. The average Bonchev–Trinajstić information content (AvgIpc) is 3.10. The first-order valence-electron chi connectivity index (χ1n) is 9.70. The third-order valence-corrected chi connectivity index (χ3v) is 6.14. The summed E-state index contributed by atoms with van der Waals surface area (Å²) >= 11 is 7.74. The van der Waals surface area contributed by atoms with E-state index in [1.807, 2.05) is 18.2 Å². The fraction of sp³-hybridized carbons (Fsp3) is 0.429. The van der Waals surface area contributed by atoms with Crippen LogP contribution in [0.1, 0.15) is 42.9 Å². The smallest absolute Gasteiger partial charge is 0.309 e. The quantitative estimate of drug-likeness (QED) is 0.701. The van der Waals surface area contributed by atoms with Crippen molar-refractivity contribution in [1.82, 2.24) is 15.5 Å². The molecule has 150 valence electrons. The van der Waals surface area contributed by atoms with Crippen molar-refractivity contribution in [3.05, 3.63) is 57.2 Å². The second-order valence-electron chi connectivity index (χ2n) is 7.01. The molecule has 0 radical (unpaired) electrons. The molecule has 0 spiro atoms. The molecule has 0 unspecified atom stereocenters. The van der Waals surface area contributed by atoms with Crippen LogP contribution in [0.25, 0.3) is 0 Å². The van der Waals surface area contributed by atoms with E-state index in [-0.39, 0.29) is 12.6 Å². The second-order valence-corrected chi connectivity index (χ2v) is 8.19. The van der Waals surface area contributed by atoms with Crippen LogP contribution >= 0.6 is 22.9 Å². The number of hydrogen-bond acceptors (Lipinski definition) is 4. The lowest BCUT2D eigenvalue weighted by atomic mass is 10.1. The van der Waals surface area contributed by atoms with Gasteiger partial charge in [0.2, 0.25) is 0 Å². The van der Waals surface area contributed by atoms with Gasteiger partial charge in [0.15, 0.2) is 0 Å². The number of nitrogens with one attached hydrogen (secondary N) is 2. The highest BCUT2D eigenvalue weighted by Gasteiger charge is 2.24. The SMILES string of the molecule is O=C(NCc1ccccc1Cl)C(=O)NC[C@@H](c1ccsc1)N1CCCCCC1. The predicted octanol–water partition coefficient (Wildman–Crippen LogP) is 3.75. The summed E-state index contributed by atoms with van der Waals surface area (Å²) < 4.78 is 0. The molecular weight excluding hydrogens is 394 g/mol. The molecule has 1 aromatic heterocycles. The number of carbonyl (C=O) groups is 2. The van der Waals surface area contributed by atoms with Gasteiger partial charge in [-0.1, -0.05) is 42.6 Å². The lowest BCUT2D eigenvalue weighted by molar-refractivity contribution is -0.139. The fourth-order valence-corrected chi connectivity index (χ4v) is 4.41. The Morgan fingerprint density at radius 3 is 2.43 bits per heavy atom. The van der Waals surface area contributed by atoms with Crippen LogP contribution in [0.3, 0.4) is 0 Å². The molecule has 1 aromatic carbocycles. The van der Waals surface area contributed by atoms with Crippen LogP contribution in [0, 0.1) is 0 Å². The van der Waals surface area contributed by atoms with Gasteiger partial charge in [-0.05, 0) is 60.0 Å². The average molecular weight is 420 g/mol. The molecular formula is C21H26ClN3O2S. The monoisotopic (exact) mass is 419 g/mol. The van der Waals surface area contributed by atoms with Gasteiger partial charge < -0.3 is 10.6 Å². The van der Waals surface area contributed by atoms with Gasteiger partial charge >= 0.3 is 11.8 Å². The molecule has 0 saturated carbocycles. The highest BCUT2D eigenvalue weighted by atomic mass is 35.5.